The lowest BCUT2D eigenvalue weighted by atomic mass is 10.2. The van der Waals surface area contributed by atoms with E-state index in [9.17, 15) is 0 Å². The zero-order valence-corrected chi connectivity index (χ0v) is 7.56. The topological polar surface area (TPSA) is 48.5 Å². The van der Waals surface area contributed by atoms with Crippen molar-refractivity contribution in [3.05, 3.63) is 35.9 Å². The van der Waals surface area contributed by atoms with Gasteiger partial charge in [-0.1, -0.05) is 30.3 Å². The lowest BCUT2D eigenvalue weighted by Crippen LogP contribution is -2.51. The fourth-order valence-corrected chi connectivity index (χ4v) is 1.11. The molecule has 1 aromatic carbocycles. The molecule has 0 saturated heterocycles. The van der Waals surface area contributed by atoms with E-state index in [-0.39, 0.29) is 0 Å². The molecule has 0 unspecified atom stereocenters. The van der Waals surface area contributed by atoms with E-state index >= 15 is 0 Å². The highest BCUT2D eigenvalue weighted by Crippen LogP contribution is 1.99. The van der Waals surface area contributed by atoms with Gasteiger partial charge in [-0.2, -0.15) is 5.10 Å². The van der Waals surface area contributed by atoms with Crippen molar-refractivity contribution in [2.24, 2.45) is 5.10 Å². The van der Waals surface area contributed by atoms with Crippen LogP contribution in [0.4, 0.5) is 0 Å². The fourth-order valence-electron chi connectivity index (χ4n) is 1.01. The average Bonchev–Trinajstić information content (AvgIpc) is 2.20. The third-order valence-electron chi connectivity index (χ3n) is 1.61. The van der Waals surface area contributed by atoms with Gasteiger partial charge in [0.15, 0.2) is 5.84 Å². The third-order valence-corrected chi connectivity index (χ3v) is 1.80. The Labute approximate surface area is 81.0 Å². The molecule has 0 aromatic heterocycles. The van der Waals surface area contributed by atoms with Crippen molar-refractivity contribution < 1.29 is 0 Å². The fraction of sp³-hybridized carbons (Fsp3) is 0. The van der Waals surface area contributed by atoms with Crippen LogP contribution >= 0.6 is 12.2 Å². The molecule has 66 valence electrons. The monoisotopic (exact) mass is 192 g/mol. The Balaban J connectivity index is 2.23. The van der Waals surface area contributed by atoms with Crippen molar-refractivity contribution in [2.75, 3.05) is 0 Å². The molecule has 1 heterocycles. The molecule has 0 fully saturated rings. The zero-order valence-electron chi connectivity index (χ0n) is 6.74. The number of nitrogens with zero attached hydrogens (tertiary/aromatic N) is 1. The molecule has 0 spiro atoms. The highest BCUT2D eigenvalue weighted by atomic mass is 32.1. The summed E-state index contributed by atoms with van der Waals surface area (Å²) >= 11 is 4.82. The summed E-state index contributed by atoms with van der Waals surface area (Å²) in [6.45, 7) is 0. The van der Waals surface area contributed by atoms with Crippen LogP contribution < -0.4 is 16.3 Å². The molecule has 2 rings (SSSR count). The first-order valence-electron chi connectivity index (χ1n) is 3.81. The number of rotatable bonds is 1. The largest absolute Gasteiger partial charge is 0.280 e. The molecule has 0 saturated carbocycles. The average molecular weight is 192 g/mol. The number of hydrogen-bond acceptors (Lipinski definition) is 3. The summed E-state index contributed by atoms with van der Waals surface area (Å²) in [7, 11) is 0. The number of thiocarbonyl (C=S) groups is 1. The van der Waals surface area contributed by atoms with E-state index in [2.05, 4.69) is 21.4 Å². The van der Waals surface area contributed by atoms with Crippen molar-refractivity contribution in [3.63, 3.8) is 0 Å². The second-order valence-corrected chi connectivity index (χ2v) is 2.93. The van der Waals surface area contributed by atoms with Crippen molar-refractivity contribution in [3.8, 4) is 0 Å². The number of nitrogens with one attached hydrogen (secondary N) is 3. The third kappa shape index (κ3) is 1.75. The normalized spacial score (nSPS) is 15.1. The maximum atomic E-state index is 4.82. The van der Waals surface area contributed by atoms with Crippen LogP contribution in [0.25, 0.3) is 0 Å². The van der Waals surface area contributed by atoms with Crippen LogP contribution in [0.1, 0.15) is 5.56 Å². The highest BCUT2D eigenvalue weighted by Gasteiger charge is 2.07. The van der Waals surface area contributed by atoms with E-state index in [4.69, 9.17) is 12.2 Å². The van der Waals surface area contributed by atoms with E-state index in [0.29, 0.717) is 5.11 Å². The Hall–Kier alpha value is -1.62. The van der Waals surface area contributed by atoms with Crippen LogP contribution in [-0.2, 0) is 0 Å². The number of hydrogen-bond donors (Lipinski definition) is 3. The second-order valence-electron chi connectivity index (χ2n) is 2.52. The predicted octanol–water partition coefficient (Wildman–Crippen LogP) is 0.330. The summed E-state index contributed by atoms with van der Waals surface area (Å²) in [6, 6.07) is 9.78. The SMILES string of the molecule is S=C1NN=C(c2ccccc2)NN1. The number of benzene rings is 1. The molecule has 0 aliphatic carbocycles. The van der Waals surface area contributed by atoms with E-state index in [0.717, 1.165) is 11.4 Å². The van der Waals surface area contributed by atoms with Gasteiger partial charge in [0.1, 0.15) is 0 Å². The first kappa shape index (κ1) is 8.00. The Morgan fingerprint density at radius 1 is 1.08 bits per heavy atom. The van der Waals surface area contributed by atoms with Crippen LogP contribution in [0.5, 0.6) is 0 Å². The van der Waals surface area contributed by atoms with Gasteiger partial charge in [-0.25, -0.2) is 0 Å². The van der Waals surface area contributed by atoms with E-state index in [1.807, 2.05) is 30.3 Å². The van der Waals surface area contributed by atoms with Crippen molar-refractivity contribution in [1.82, 2.24) is 16.3 Å². The zero-order chi connectivity index (χ0) is 9.10. The summed E-state index contributed by atoms with van der Waals surface area (Å²) in [5, 5.41) is 4.50. The molecule has 4 nitrogen and oxygen atoms in total. The Morgan fingerprint density at radius 2 is 1.85 bits per heavy atom. The quantitative estimate of drug-likeness (QED) is 0.561. The minimum Gasteiger partial charge on any atom is -0.280 e. The second kappa shape index (κ2) is 3.40. The van der Waals surface area contributed by atoms with Crippen molar-refractivity contribution in [1.29, 1.82) is 0 Å². The molecule has 1 aliphatic rings. The van der Waals surface area contributed by atoms with Gasteiger partial charge in [-0.05, 0) is 12.2 Å². The van der Waals surface area contributed by atoms with Gasteiger partial charge in [-0.15, -0.1) is 0 Å². The summed E-state index contributed by atoms with van der Waals surface area (Å²) < 4.78 is 0. The van der Waals surface area contributed by atoms with Crippen LogP contribution in [0.3, 0.4) is 0 Å². The van der Waals surface area contributed by atoms with Gasteiger partial charge in [0, 0.05) is 5.56 Å². The van der Waals surface area contributed by atoms with Gasteiger partial charge in [-0.3, -0.25) is 16.3 Å². The van der Waals surface area contributed by atoms with Gasteiger partial charge < -0.3 is 0 Å². The van der Waals surface area contributed by atoms with E-state index in [1.54, 1.807) is 0 Å². The van der Waals surface area contributed by atoms with Crippen LogP contribution in [0, 0.1) is 0 Å². The molecular formula is C8H8N4S. The van der Waals surface area contributed by atoms with Gasteiger partial charge in [0.2, 0.25) is 5.11 Å². The Morgan fingerprint density at radius 3 is 2.46 bits per heavy atom. The first-order chi connectivity index (χ1) is 6.36. The van der Waals surface area contributed by atoms with Gasteiger partial charge in [0.05, 0.1) is 0 Å². The lowest BCUT2D eigenvalue weighted by molar-refractivity contribution is 0.776. The highest BCUT2D eigenvalue weighted by molar-refractivity contribution is 7.80. The summed E-state index contributed by atoms with van der Waals surface area (Å²) in [6.07, 6.45) is 0. The Kier molecular flexibility index (Phi) is 2.09. The van der Waals surface area contributed by atoms with Crippen LogP contribution in [0.2, 0.25) is 0 Å². The molecule has 5 heteroatoms. The molecular weight excluding hydrogens is 184 g/mol. The van der Waals surface area contributed by atoms with E-state index in [1.165, 1.54) is 0 Å². The number of hydrazone groups is 1. The smallest absolute Gasteiger partial charge is 0.205 e. The summed E-state index contributed by atoms with van der Waals surface area (Å²) in [5.74, 6) is 0.731. The van der Waals surface area contributed by atoms with Crippen LogP contribution in [-0.4, -0.2) is 10.9 Å². The van der Waals surface area contributed by atoms with Gasteiger partial charge >= 0.3 is 0 Å². The minimum atomic E-state index is 0.472. The number of hydrazine groups is 1. The van der Waals surface area contributed by atoms with Crippen LogP contribution in [0.15, 0.2) is 35.4 Å². The molecule has 0 radical (unpaired) electrons. The first-order valence-corrected chi connectivity index (χ1v) is 4.22. The molecule has 0 amide bonds. The lowest BCUT2D eigenvalue weighted by Gasteiger charge is -2.17. The van der Waals surface area contributed by atoms with Crippen molar-refractivity contribution >= 4 is 23.2 Å². The Bertz CT molecular complexity index is 346. The molecule has 13 heavy (non-hydrogen) atoms. The van der Waals surface area contributed by atoms with E-state index < -0.39 is 0 Å². The molecule has 0 atom stereocenters. The molecule has 3 N–H and O–H groups in total. The predicted molar refractivity (Wildman–Crippen MR) is 55.0 cm³/mol. The standard InChI is InChI=1S/C8H8N4S/c13-8-11-9-7(10-12-8)6-4-2-1-3-5-6/h1-5H,(H,9,10)(H2,11,12,13). The van der Waals surface area contributed by atoms with Crippen molar-refractivity contribution in [2.45, 2.75) is 0 Å². The maximum absolute atomic E-state index is 4.82. The minimum absolute atomic E-state index is 0.472. The van der Waals surface area contributed by atoms with Gasteiger partial charge in [0.25, 0.3) is 0 Å². The molecule has 1 aliphatic heterocycles. The maximum Gasteiger partial charge on any atom is 0.205 e. The summed E-state index contributed by atoms with van der Waals surface area (Å²) in [4.78, 5) is 0. The summed E-state index contributed by atoms with van der Waals surface area (Å²) in [5.41, 5.74) is 9.33. The molecule has 1 aromatic rings. The molecule has 0 bridgehead atoms. The number of amidine groups is 1.